The maximum atomic E-state index is 9.95. The fraction of sp³-hybridized carbons (Fsp3) is 0.818. The molecule has 24 nitrogen and oxygen atoms in total. The summed E-state index contributed by atoms with van der Waals surface area (Å²) >= 11 is 0. The number of allylic oxidation sites excluding steroid dienone is 8. The normalized spacial score (nSPS) is 14.4. The lowest BCUT2D eigenvalue weighted by atomic mass is 10.1. The Labute approximate surface area is 684 Å². The Balaban J connectivity index is -0.000000184. The largest absolute Gasteiger partial charge is 0.388 e. The number of ether oxygens (including phenoxy) is 16. The SMILES string of the molecule is CC(C)=CCOCC(C)(O)COC(C)C.CC(C)=CCOCC(O)COC(C)C.CCC(C)OCC(C)(O)COCC=C(C)C.CCC(C)OCC(O)COCC=C(C)C.CCOCC(C)(O)COCC=C(C)C.CCOCC(O)COCC=C(C)C.COCC(C)(O)COCC=C(C)C.COCC(O)COCC=C(C)C. The summed E-state index contributed by atoms with van der Waals surface area (Å²) in [5.74, 6) is 0. The molecule has 0 saturated carbocycles. The topological polar surface area (TPSA) is 310 Å². The van der Waals surface area contributed by atoms with Gasteiger partial charge in [0.05, 0.1) is 183 Å². The summed E-state index contributed by atoms with van der Waals surface area (Å²) < 4.78 is 83.3. The van der Waals surface area contributed by atoms with E-state index in [0.29, 0.717) is 172 Å². The Kier molecular flexibility index (Phi) is 93.9. The highest BCUT2D eigenvalue weighted by Gasteiger charge is 2.24. The van der Waals surface area contributed by atoms with Gasteiger partial charge in [0.1, 0.15) is 46.8 Å². The zero-order chi connectivity index (χ0) is 88.0. The monoisotopic (exact) mass is 1620 g/mol. The molecule has 672 valence electrons. The van der Waals surface area contributed by atoms with Gasteiger partial charge in [-0.2, -0.15) is 0 Å². The van der Waals surface area contributed by atoms with E-state index in [0.717, 1.165) is 12.8 Å². The molecule has 0 aliphatic carbocycles. The number of aliphatic hydroxyl groups is 8. The first-order valence-electron chi connectivity index (χ1n) is 40.0. The minimum absolute atomic E-state index is 0.134. The van der Waals surface area contributed by atoms with Gasteiger partial charge in [-0.05, 0) is 207 Å². The highest BCUT2D eigenvalue weighted by atomic mass is 16.6. The van der Waals surface area contributed by atoms with Crippen molar-refractivity contribution in [2.45, 2.75) is 292 Å². The number of methoxy groups -OCH3 is 2. The van der Waals surface area contributed by atoms with Gasteiger partial charge in [0.15, 0.2) is 0 Å². The third kappa shape index (κ3) is 123. The molecule has 10 unspecified atom stereocenters. The van der Waals surface area contributed by atoms with Crippen LogP contribution in [0.3, 0.4) is 0 Å². The maximum Gasteiger partial charge on any atom is 0.108 e. The maximum absolute atomic E-state index is 9.95. The summed E-state index contributed by atoms with van der Waals surface area (Å²) in [6.07, 6.45) is 16.4. The van der Waals surface area contributed by atoms with E-state index in [1.54, 1.807) is 41.9 Å². The van der Waals surface area contributed by atoms with Crippen LogP contribution in [-0.2, 0) is 75.8 Å². The van der Waals surface area contributed by atoms with E-state index in [1.165, 1.54) is 44.6 Å². The van der Waals surface area contributed by atoms with Crippen LogP contribution < -0.4 is 0 Å². The van der Waals surface area contributed by atoms with Crippen LogP contribution in [0.25, 0.3) is 0 Å². The van der Waals surface area contributed by atoms with Crippen LogP contribution in [0.4, 0.5) is 0 Å². The lowest BCUT2D eigenvalue weighted by molar-refractivity contribution is -0.0957. The first-order valence-corrected chi connectivity index (χ1v) is 40.0. The molecule has 0 radical (unpaired) electrons. The van der Waals surface area contributed by atoms with Gasteiger partial charge in [-0.3, -0.25) is 0 Å². The molecule has 0 aromatic rings. The lowest BCUT2D eigenvalue weighted by Crippen LogP contribution is -2.37. The van der Waals surface area contributed by atoms with Crippen molar-refractivity contribution in [3.63, 3.8) is 0 Å². The molecular weight excluding hydrogens is 1440 g/mol. The Morgan fingerprint density at radius 3 is 0.741 bits per heavy atom. The first-order chi connectivity index (χ1) is 52.1. The van der Waals surface area contributed by atoms with Crippen molar-refractivity contribution in [3.05, 3.63) is 93.2 Å². The van der Waals surface area contributed by atoms with Crippen LogP contribution in [0, 0.1) is 0 Å². The van der Waals surface area contributed by atoms with E-state index in [1.807, 2.05) is 215 Å². The highest BCUT2D eigenvalue weighted by molar-refractivity contribution is 4.97. The Morgan fingerprint density at radius 2 is 0.482 bits per heavy atom. The van der Waals surface area contributed by atoms with Crippen LogP contribution >= 0.6 is 0 Å². The van der Waals surface area contributed by atoms with Gasteiger partial charge in [0.25, 0.3) is 0 Å². The number of rotatable bonds is 56. The van der Waals surface area contributed by atoms with Crippen molar-refractivity contribution in [3.8, 4) is 0 Å². The van der Waals surface area contributed by atoms with Crippen LogP contribution in [0.2, 0.25) is 0 Å². The zero-order valence-corrected chi connectivity index (χ0v) is 77.1. The van der Waals surface area contributed by atoms with Crippen LogP contribution in [0.5, 0.6) is 0 Å². The molecule has 0 aromatic carbocycles. The van der Waals surface area contributed by atoms with E-state index in [9.17, 15) is 35.7 Å². The Bertz CT molecular complexity index is 2260. The van der Waals surface area contributed by atoms with Crippen molar-refractivity contribution in [1.29, 1.82) is 0 Å². The van der Waals surface area contributed by atoms with Crippen molar-refractivity contribution in [1.82, 2.24) is 0 Å². The molecule has 0 fully saturated rings. The summed E-state index contributed by atoms with van der Waals surface area (Å²) in [6, 6.07) is 0. The molecule has 8 N–H and O–H groups in total. The molecule has 0 aliphatic rings. The van der Waals surface area contributed by atoms with Gasteiger partial charge < -0.3 is 117 Å². The molecule has 0 saturated heterocycles. The molecule has 0 heterocycles. The summed E-state index contributed by atoms with van der Waals surface area (Å²) in [7, 11) is 3.11. The third-order valence-electron chi connectivity index (χ3n) is 13.5. The van der Waals surface area contributed by atoms with E-state index in [2.05, 4.69) is 13.8 Å². The Hall–Kier alpha value is -3.04. The van der Waals surface area contributed by atoms with Crippen molar-refractivity contribution < 1.29 is 117 Å². The summed E-state index contributed by atoms with van der Waals surface area (Å²) in [6.45, 7) is 69.6. The molecule has 0 aromatic heterocycles. The summed E-state index contributed by atoms with van der Waals surface area (Å²) in [4.78, 5) is 0. The number of hydrogen-bond acceptors (Lipinski definition) is 24. The van der Waals surface area contributed by atoms with E-state index in [4.69, 9.17) is 80.9 Å². The van der Waals surface area contributed by atoms with E-state index in [-0.39, 0.29) is 24.4 Å². The molecule has 0 amide bonds. The lowest BCUT2D eigenvalue weighted by Gasteiger charge is -2.24. The van der Waals surface area contributed by atoms with Crippen LogP contribution in [0.15, 0.2) is 93.2 Å². The molecule has 0 aliphatic heterocycles. The van der Waals surface area contributed by atoms with Crippen molar-refractivity contribution >= 4 is 0 Å². The minimum atomic E-state index is -0.904. The Morgan fingerprint density at radius 1 is 0.259 bits per heavy atom. The predicted octanol–water partition coefficient (Wildman–Crippen LogP) is 14.0. The molecule has 0 bridgehead atoms. The molecule has 10 atom stereocenters. The van der Waals surface area contributed by atoms with E-state index >= 15 is 0 Å². The summed E-state index contributed by atoms with van der Waals surface area (Å²) in [5, 5.41) is 76.5. The molecule has 0 rings (SSSR count). The highest BCUT2D eigenvalue weighted by Crippen LogP contribution is 2.11. The first kappa shape index (κ1) is 125. The number of hydrogen-bond donors (Lipinski definition) is 8. The average molecular weight is 1620 g/mol. The fourth-order valence-electron chi connectivity index (χ4n) is 6.66. The average Bonchev–Trinajstić information content (AvgIpc) is 0.928. The van der Waals surface area contributed by atoms with Gasteiger partial charge >= 0.3 is 0 Å². The van der Waals surface area contributed by atoms with Gasteiger partial charge in [-0.1, -0.05) is 107 Å². The second kappa shape index (κ2) is 84.4. The smallest absolute Gasteiger partial charge is 0.108 e. The molecular formula is C88H176O24. The quantitative estimate of drug-likeness (QED) is 0.0207. The van der Waals surface area contributed by atoms with Crippen LogP contribution in [0.1, 0.15) is 221 Å². The predicted molar refractivity (Wildman–Crippen MR) is 459 cm³/mol. The summed E-state index contributed by atoms with van der Waals surface area (Å²) in [5.41, 5.74) is 6.17. The minimum Gasteiger partial charge on any atom is -0.388 e. The van der Waals surface area contributed by atoms with Crippen LogP contribution in [-0.4, -0.2) is 298 Å². The van der Waals surface area contributed by atoms with Crippen molar-refractivity contribution in [2.24, 2.45) is 0 Å². The van der Waals surface area contributed by atoms with Crippen molar-refractivity contribution in [2.75, 3.05) is 186 Å². The molecule has 0 spiro atoms. The molecule has 24 heteroatoms. The second-order valence-electron chi connectivity index (χ2n) is 31.1. The zero-order valence-electron chi connectivity index (χ0n) is 77.1. The van der Waals surface area contributed by atoms with Gasteiger partial charge in [0.2, 0.25) is 0 Å². The molecule has 112 heavy (non-hydrogen) atoms. The second-order valence-corrected chi connectivity index (χ2v) is 31.1. The van der Waals surface area contributed by atoms with Gasteiger partial charge in [0, 0.05) is 27.4 Å². The van der Waals surface area contributed by atoms with Gasteiger partial charge in [-0.25, -0.2) is 0 Å². The van der Waals surface area contributed by atoms with E-state index < -0.39 is 46.8 Å². The fourth-order valence-corrected chi connectivity index (χ4v) is 6.66. The number of aliphatic hydroxyl groups excluding tert-OH is 4. The standard InChI is InChI=1S/C13H26O3.2C12H24O3.2C11H22O3.2C10H20O3.C9H18O3/c1-6-12(4)16-10-13(5,14)9-15-8-7-11(2)3;1-10(2)6-7-14-8-12(5,13)9-15-11(3)4;1-5-11(4)15-9-12(13)8-14-7-6-10(2)3;1-9(2)5-6-13-7-11(12)8-14-10(3)4;1-5-13-8-11(4,12)9-14-7-6-10(2)3;1-9(2)5-6-13-8-10(3,11)7-12-4;1-4-12-7-10(11)8-13-6-5-9(2)3;1-8(2)4-5-12-7-9(10)6-11-3/h7,12,14H,6,8-10H2,1-5H3;6,11,13H,7-9H2,1-5H3;6,11-13H,5,7-9H2,1-4H3;5,10-12H,6-8H2,1-4H3;6,12H,5,7-9H2,1-4H3;5,11H,6-8H2,1-4H3;5,10-11H,4,6-8H2,1-3H3;4,9-10H,5-7H2,1-3H3. The third-order valence-corrected chi connectivity index (χ3v) is 13.5. The van der Waals surface area contributed by atoms with Gasteiger partial charge in [-0.15, -0.1) is 0 Å².